The Kier molecular flexibility index (Phi) is 3.70. The van der Waals surface area contributed by atoms with Crippen molar-refractivity contribution in [2.24, 2.45) is 0 Å². The number of hydrogen-bond acceptors (Lipinski definition) is 2. The first-order valence-electron chi connectivity index (χ1n) is 6.62. The Hall–Kier alpha value is -2.09. The number of rotatable bonds is 0. The first-order valence-corrected chi connectivity index (χ1v) is 6.62. The minimum atomic E-state index is 0.0113. The molecule has 0 radical (unpaired) electrons. The van der Waals surface area contributed by atoms with Crippen LogP contribution in [-0.2, 0) is 6.42 Å². The van der Waals surface area contributed by atoms with Gasteiger partial charge in [-0.15, -0.1) is 0 Å². The van der Waals surface area contributed by atoms with Gasteiger partial charge < -0.3 is 5.11 Å². The Morgan fingerprint density at radius 2 is 1.68 bits per heavy atom. The van der Waals surface area contributed by atoms with Crippen molar-refractivity contribution in [2.45, 2.75) is 27.2 Å². The number of aryl methyl sites for hydroxylation is 1. The molecule has 3 rings (SSSR count). The lowest BCUT2D eigenvalue weighted by molar-refractivity contribution is 0.103. The van der Waals surface area contributed by atoms with E-state index >= 15 is 0 Å². The summed E-state index contributed by atoms with van der Waals surface area (Å²) >= 11 is 0. The van der Waals surface area contributed by atoms with Gasteiger partial charge in [0.2, 0.25) is 0 Å². The van der Waals surface area contributed by atoms with Crippen LogP contribution in [-0.4, -0.2) is 10.9 Å². The minimum absolute atomic E-state index is 0.0113. The van der Waals surface area contributed by atoms with Crippen LogP contribution in [0.2, 0.25) is 0 Å². The molecule has 98 valence electrons. The molecule has 1 N–H and O–H groups in total. The predicted molar refractivity (Wildman–Crippen MR) is 76.9 cm³/mol. The fourth-order valence-electron chi connectivity index (χ4n) is 2.38. The van der Waals surface area contributed by atoms with Crippen LogP contribution in [0, 0.1) is 6.92 Å². The monoisotopic (exact) mass is 254 g/mol. The van der Waals surface area contributed by atoms with E-state index in [0.29, 0.717) is 12.0 Å². The summed E-state index contributed by atoms with van der Waals surface area (Å²) in [7, 11) is 0. The second kappa shape index (κ2) is 5.27. The van der Waals surface area contributed by atoms with Crippen molar-refractivity contribution < 1.29 is 9.90 Å². The van der Waals surface area contributed by atoms with Crippen LogP contribution >= 0.6 is 0 Å². The van der Waals surface area contributed by atoms with E-state index in [1.807, 2.05) is 51.1 Å². The first kappa shape index (κ1) is 13.3. The minimum Gasteiger partial charge on any atom is -0.507 e. The molecule has 0 saturated carbocycles. The molecule has 0 aromatic heterocycles. The van der Waals surface area contributed by atoms with Crippen molar-refractivity contribution in [3.63, 3.8) is 0 Å². The summed E-state index contributed by atoms with van der Waals surface area (Å²) in [6, 6.07) is 11.2. The summed E-state index contributed by atoms with van der Waals surface area (Å²) in [5, 5.41) is 10.0. The lowest BCUT2D eigenvalue weighted by Crippen LogP contribution is -2.15. The molecule has 2 aromatic carbocycles. The second-order valence-electron chi connectivity index (χ2n) is 4.42. The van der Waals surface area contributed by atoms with Gasteiger partial charge in [0.1, 0.15) is 5.75 Å². The third kappa shape index (κ3) is 2.14. The van der Waals surface area contributed by atoms with Crippen molar-refractivity contribution in [1.82, 2.24) is 0 Å². The molecule has 0 aliphatic heterocycles. The topological polar surface area (TPSA) is 37.3 Å². The average Bonchev–Trinajstić information content (AvgIpc) is 2.46. The van der Waals surface area contributed by atoms with E-state index in [1.165, 1.54) is 0 Å². The SMILES string of the molecule is CC.Cc1ccc2c(c1O)Cc1ccccc1C2=O. The first-order chi connectivity index (χ1) is 9.18. The molecule has 2 nitrogen and oxygen atoms in total. The van der Waals surface area contributed by atoms with Gasteiger partial charge in [0, 0.05) is 23.1 Å². The molecule has 0 atom stereocenters. The Morgan fingerprint density at radius 3 is 2.42 bits per heavy atom. The lowest BCUT2D eigenvalue weighted by atomic mass is 9.84. The largest absolute Gasteiger partial charge is 0.507 e. The number of fused-ring (bicyclic) bond motifs is 2. The zero-order valence-corrected chi connectivity index (χ0v) is 11.5. The standard InChI is InChI=1S/C15H12O2.C2H6/c1-9-6-7-12-13(14(9)16)8-10-4-2-3-5-11(10)15(12)17;1-2/h2-7,16H,8H2,1H3;1-2H3. The second-order valence-corrected chi connectivity index (χ2v) is 4.42. The van der Waals surface area contributed by atoms with Gasteiger partial charge in [-0.05, 0) is 18.1 Å². The maximum atomic E-state index is 12.3. The molecule has 2 aromatic rings. The third-order valence-corrected chi connectivity index (χ3v) is 3.36. The fourth-order valence-corrected chi connectivity index (χ4v) is 2.38. The number of carbonyl (C=O) groups excluding carboxylic acids is 1. The van der Waals surface area contributed by atoms with Gasteiger partial charge in [0.05, 0.1) is 0 Å². The Labute approximate surface area is 113 Å². The lowest BCUT2D eigenvalue weighted by Gasteiger charge is -2.20. The van der Waals surface area contributed by atoms with Gasteiger partial charge >= 0.3 is 0 Å². The number of hydrogen-bond donors (Lipinski definition) is 1. The highest BCUT2D eigenvalue weighted by Crippen LogP contribution is 2.34. The molecule has 19 heavy (non-hydrogen) atoms. The smallest absolute Gasteiger partial charge is 0.193 e. The zero-order chi connectivity index (χ0) is 14.0. The summed E-state index contributed by atoms with van der Waals surface area (Å²) in [4.78, 5) is 12.3. The van der Waals surface area contributed by atoms with Crippen LogP contribution in [0.3, 0.4) is 0 Å². The van der Waals surface area contributed by atoms with Crippen LogP contribution < -0.4 is 0 Å². The van der Waals surface area contributed by atoms with Gasteiger partial charge in [-0.2, -0.15) is 0 Å². The predicted octanol–water partition coefficient (Wildman–Crippen LogP) is 3.86. The quantitative estimate of drug-likeness (QED) is 0.661. The van der Waals surface area contributed by atoms with Crippen molar-refractivity contribution >= 4 is 5.78 Å². The number of benzene rings is 2. The molecule has 1 aliphatic rings. The van der Waals surface area contributed by atoms with Crippen LogP contribution in [0.4, 0.5) is 0 Å². The summed E-state index contributed by atoms with van der Waals surface area (Å²) in [6.07, 6.45) is 0.630. The van der Waals surface area contributed by atoms with Gasteiger partial charge in [0.25, 0.3) is 0 Å². The highest BCUT2D eigenvalue weighted by atomic mass is 16.3. The van der Waals surface area contributed by atoms with Crippen LogP contribution in [0.1, 0.15) is 46.5 Å². The summed E-state index contributed by atoms with van der Waals surface area (Å²) in [6.45, 7) is 5.85. The number of ketones is 1. The van der Waals surface area contributed by atoms with Crippen molar-refractivity contribution in [3.8, 4) is 5.75 Å². The van der Waals surface area contributed by atoms with Gasteiger partial charge in [-0.3, -0.25) is 4.79 Å². The highest BCUT2D eigenvalue weighted by molar-refractivity contribution is 6.12. The zero-order valence-electron chi connectivity index (χ0n) is 11.5. The van der Waals surface area contributed by atoms with E-state index in [2.05, 4.69) is 0 Å². The molecule has 0 amide bonds. The number of aromatic hydroxyl groups is 1. The van der Waals surface area contributed by atoms with Crippen LogP contribution in [0.5, 0.6) is 5.75 Å². The van der Waals surface area contributed by atoms with E-state index in [-0.39, 0.29) is 11.5 Å². The Morgan fingerprint density at radius 1 is 1.00 bits per heavy atom. The number of phenolic OH excluding ortho intramolecular Hbond substituents is 1. The number of carbonyl (C=O) groups is 1. The maximum absolute atomic E-state index is 12.3. The Balaban J connectivity index is 0.000000637. The molecule has 0 bridgehead atoms. The number of phenols is 1. The molecule has 0 heterocycles. The highest BCUT2D eigenvalue weighted by Gasteiger charge is 2.25. The van der Waals surface area contributed by atoms with Crippen LogP contribution in [0.25, 0.3) is 0 Å². The molecule has 0 saturated heterocycles. The normalized spacial score (nSPS) is 12.1. The summed E-state index contributed by atoms with van der Waals surface area (Å²) < 4.78 is 0. The molecule has 0 fully saturated rings. The van der Waals surface area contributed by atoms with Crippen molar-refractivity contribution in [3.05, 3.63) is 64.2 Å². The maximum Gasteiger partial charge on any atom is 0.193 e. The molecule has 0 spiro atoms. The fraction of sp³-hybridized carbons (Fsp3) is 0.235. The Bertz CT molecular complexity index is 627. The van der Waals surface area contributed by atoms with E-state index < -0.39 is 0 Å². The molecule has 1 aliphatic carbocycles. The van der Waals surface area contributed by atoms with Crippen molar-refractivity contribution in [2.75, 3.05) is 0 Å². The molecule has 2 heteroatoms. The summed E-state index contributed by atoms with van der Waals surface area (Å²) in [5.74, 6) is 0.266. The summed E-state index contributed by atoms with van der Waals surface area (Å²) in [5.41, 5.74) is 3.95. The molecular formula is C17H18O2. The van der Waals surface area contributed by atoms with Gasteiger partial charge in [-0.25, -0.2) is 0 Å². The van der Waals surface area contributed by atoms with E-state index in [0.717, 1.165) is 22.3 Å². The van der Waals surface area contributed by atoms with E-state index in [9.17, 15) is 9.90 Å². The van der Waals surface area contributed by atoms with E-state index in [4.69, 9.17) is 0 Å². The van der Waals surface area contributed by atoms with Crippen molar-refractivity contribution in [1.29, 1.82) is 0 Å². The van der Waals surface area contributed by atoms with Gasteiger partial charge in [0.15, 0.2) is 5.78 Å². The average molecular weight is 254 g/mol. The molecular weight excluding hydrogens is 236 g/mol. The third-order valence-electron chi connectivity index (χ3n) is 3.36. The van der Waals surface area contributed by atoms with Crippen LogP contribution in [0.15, 0.2) is 36.4 Å². The molecule has 0 unspecified atom stereocenters. The van der Waals surface area contributed by atoms with E-state index in [1.54, 1.807) is 6.07 Å². The van der Waals surface area contributed by atoms with Gasteiger partial charge in [-0.1, -0.05) is 50.2 Å².